The summed E-state index contributed by atoms with van der Waals surface area (Å²) in [6.07, 6.45) is 3.11. The van der Waals surface area contributed by atoms with Crippen LogP contribution < -0.4 is 5.32 Å². The second-order valence-corrected chi connectivity index (χ2v) is 5.37. The fraction of sp³-hybridized carbons (Fsp3) is 0.286. The molecule has 1 aromatic carbocycles. The summed E-state index contributed by atoms with van der Waals surface area (Å²) in [4.78, 5) is 16.5. The van der Waals surface area contributed by atoms with Gasteiger partial charge in [0.1, 0.15) is 5.01 Å². The van der Waals surface area contributed by atoms with Crippen LogP contribution in [0.15, 0.2) is 29.8 Å². The number of hydrogen-bond acceptors (Lipinski definition) is 4. The Morgan fingerprint density at radius 1 is 1.44 bits per heavy atom. The fourth-order valence-corrected chi connectivity index (χ4v) is 2.98. The minimum absolute atomic E-state index is 0.184. The van der Waals surface area contributed by atoms with Crippen molar-refractivity contribution in [3.05, 3.63) is 51.5 Å². The van der Waals surface area contributed by atoms with Gasteiger partial charge in [-0.3, -0.25) is 4.79 Å². The van der Waals surface area contributed by atoms with Crippen molar-refractivity contribution in [1.82, 2.24) is 10.3 Å². The molecule has 4 heteroatoms. The molecule has 0 saturated carbocycles. The zero-order valence-corrected chi connectivity index (χ0v) is 10.8. The Morgan fingerprint density at radius 3 is 3.22 bits per heavy atom. The highest BCUT2D eigenvalue weighted by molar-refractivity contribution is 7.09. The predicted octanol–water partition coefficient (Wildman–Crippen LogP) is 2.21. The first-order chi connectivity index (χ1) is 8.84. The summed E-state index contributed by atoms with van der Waals surface area (Å²) in [5.74, 6) is 0.184. The molecule has 1 aliphatic rings. The molecule has 0 spiro atoms. The average molecular weight is 258 g/mol. The van der Waals surface area contributed by atoms with E-state index in [4.69, 9.17) is 0 Å². The molecule has 0 saturated heterocycles. The number of thiazole rings is 1. The number of ketones is 1. The predicted molar refractivity (Wildman–Crippen MR) is 72.0 cm³/mol. The van der Waals surface area contributed by atoms with Gasteiger partial charge in [0.2, 0.25) is 0 Å². The van der Waals surface area contributed by atoms with E-state index in [-0.39, 0.29) is 5.78 Å². The van der Waals surface area contributed by atoms with Gasteiger partial charge < -0.3 is 5.32 Å². The summed E-state index contributed by atoms with van der Waals surface area (Å²) in [7, 11) is 0. The van der Waals surface area contributed by atoms with Crippen molar-refractivity contribution in [3.63, 3.8) is 0 Å². The molecule has 0 fully saturated rings. The number of aromatic nitrogens is 1. The molecule has 0 atom stereocenters. The number of Topliss-reactive ketones (excluding diaryl/α,β-unsaturated/α-hetero) is 1. The standard InChI is InChI=1S/C14H14N2OS/c17-13(8-14-16-6-7-18-14)12-3-1-2-10-9-15-5-4-11(10)12/h1-3,6-7,15H,4-5,8-9H2. The molecule has 0 radical (unpaired) electrons. The molecule has 3 nitrogen and oxygen atoms in total. The third-order valence-corrected chi connectivity index (χ3v) is 4.02. The highest BCUT2D eigenvalue weighted by atomic mass is 32.1. The molecule has 18 heavy (non-hydrogen) atoms. The number of carbonyl (C=O) groups is 1. The molecule has 1 aliphatic heterocycles. The van der Waals surface area contributed by atoms with E-state index < -0.39 is 0 Å². The van der Waals surface area contributed by atoms with E-state index in [1.165, 1.54) is 22.5 Å². The zero-order chi connectivity index (χ0) is 12.4. The molecule has 3 rings (SSSR count). The second kappa shape index (κ2) is 5.00. The summed E-state index contributed by atoms with van der Waals surface area (Å²) in [6, 6.07) is 6.02. The molecule has 2 heterocycles. The minimum atomic E-state index is 0.184. The van der Waals surface area contributed by atoms with E-state index in [0.29, 0.717) is 6.42 Å². The van der Waals surface area contributed by atoms with Crippen LogP contribution in [0.1, 0.15) is 26.5 Å². The van der Waals surface area contributed by atoms with E-state index in [1.807, 2.05) is 17.5 Å². The molecule has 92 valence electrons. The van der Waals surface area contributed by atoms with Gasteiger partial charge in [0.15, 0.2) is 5.78 Å². The van der Waals surface area contributed by atoms with Crippen LogP contribution in [-0.4, -0.2) is 17.3 Å². The summed E-state index contributed by atoms with van der Waals surface area (Å²) in [5, 5.41) is 6.14. The maximum atomic E-state index is 12.3. The fourth-order valence-electron chi connectivity index (χ4n) is 2.37. The van der Waals surface area contributed by atoms with Crippen LogP contribution in [-0.2, 0) is 19.4 Å². The van der Waals surface area contributed by atoms with Gasteiger partial charge in [-0.1, -0.05) is 18.2 Å². The minimum Gasteiger partial charge on any atom is -0.312 e. The molecule has 1 N–H and O–H groups in total. The first-order valence-electron chi connectivity index (χ1n) is 6.07. The second-order valence-electron chi connectivity index (χ2n) is 4.40. The van der Waals surface area contributed by atoms with Crippen molar-refractivity contribution in [2.24, 2.45) is 0 Å². The number of rotatable bonds is 3. The molecule has 2 aromatic rings. The van der Waals surface area contributed by atoms with Gasteiger partial charge in [0, 0.05) is 23.7 Å². The summed E-state index contributed by atoms with van der Waals surface area (Å²) >= 11 is 1.54. The quantitative estimate of drug-likeness (QED) is 0.858. The molecular formula is C14H14N2OS. The van der Waals surface area contributed by atoms with E-state index in [1.54, 1.807) is 6.20 Å². The maximum absolute atomic E-state index is 12.3. The van der Waals surface area contributed by atoms with E-state index in [2.05, 4.69) is 16.4 Å². The van der Waals surface area contributed by atoms with Gasteiger partial charge in [-0.05, 0) is 24.1 Å². The van der Waals surface area contributed by atoms with Crippen LogP contribution in [0.25, 0.3) is 0 Å². The van der Waals surface area contributed by atoms with Crippen LogP contribution in [0.4, 0.5) is 0 Å². The Kier molecular flexibility index (Phi) is 3.21. The van der Waals surface area contributed by atoms with Crippen LogP contribution in [0.2, 0.25) is 0 Å². The van der Waals surface area contributed by atoms with Crippen molar-refractivity contribution < 1.29 is 4.79 Å². The summed E-state index contributed by atoms with van der Waals surface area (Å²) < 4.78 is 0. The highest BCUT2D eigenvalue weighted by Crippen LogP contribution is 2.20. The van der Waals surface area contributed by atoms with Crippen molar-refractivity contribution in [1.29, 1.82) is 0 Å². The Labute approximate surface area is 110 Å². The highest BCUT2D eigenvalue weighted by Gasteiger charge is 2.17. The smallest absolute Gasteiger partial charge is 0.169 e. The SMILES string of the molecule is O=C(Cc1nccs1)c1cccc2c1CCNC2. The molecule has 0 aliphatic carbocycles. The number of carbonyl (C=O) groups excluding carboxylic acids is 1. The van der Waals surface area contributed by atoms with Crippen molar-refractivity contribution in [2.75, 3.05) is 6.54 Å². The molecular weight excluding hydrogens is 244 g/mol. The monoisotopic (exact) mass is 258 g/mol. The van der Waals surface area contributed by atoms with Gasteiger partial charge in [0.05, 0.1) is 6.42 Å². The van der Waals surface area contributed by atoms with Crippen LogP contribution in [0, 0.1) is 0 Å². The normalized spacial score (nSPS) is 14.2. The van der Waals surface area contributed by atoms with Crippen molar-refractivity contribution in [3.8, 4) is 0 Å². The van der Waals surface area contributed by atoms with E-state index in [9.17, 15) is 4.79 Å². The number of benzene rings is 1. The number of nitrogens with zero attached hydrogens (tertiary/aromatic N) is 1. The van der Waals surface area contributed by atoms with Crippen LogP contribution in [0.3, 0.4) is 0 Å². The lowest BCUT2D eigenvalue weighted by molar-refractivity contribution is 0.0991. The zero-order valence-electron chi connectivity index (χ0n) is 9.98. The molecule has 0 unspecified atom stereocenters. The number of hydrogen-bond donors (Lipinski definition) is 1. The van der Waals surface area contributed by atoms with Crippen LogP contribution >= 0.6 is 11.3 Å². The summed E-state index contributed by atoms with van der Waals surface area (Å²) in [5.41, 5.74) is 3.35. The number of fused-ring (bicyclic) bond motifs is 1. The lowest BCUT2D eigenvalue weighted by Crippen LogP contribution is -2.25. The van der Waals surface area contributed by atoms with Crippen LogP contribution in [0.5, 0.6) is 0 Å². The van der Waals surface area contributed by atoms with Gasteiger partial charge in [-0.15, -0.1) is 11.3 Å². The van der Waals surface area contributed by atoms with Crippen molar-refractivity contribution in [2.45, 2.75) is 19.4 Å². The maximum Gasteiger partial charge on any atom is 0.169 e. The topological polar surface area (TPSA) is 42.0 Å². The first kappa shape index (κ1) is 11.6. The largest absolute Gasteiger partial charge is 0.312 e. The van der Waals surface area contributed by atoms with Crippen molar-refractivity contribution >= 4 is 17.1 Å². The third kappa shape index (κ3) is 2.21. The Hall–Kier alpha value is -1.52. The first-order valence-corrected chi connectivity index (χ1v) is 6.95. The van der Waals surface area contributed by atoms with E-state index in [0.717, 1.165) is 30.1 Å². The molecule has 0 amide bonds. The Morgan fingerprint density at radius 2 is 2.39 bits per heavy atom. The van der Waals surface area contributed by atoms with Gasteiger partial charge in [-0.2, -0.15) is 0 Å². The van der Waals surface area contributed by atoms with Gasteiger partial charge in [-0.25, -0.2) is 4.98 Å². The molecule has 1 aromatic heterocycles. The average Bonchev–Trinajstić information content (AvgIpc) is 2.91. The van der Waals surface area contributed by atoms with Gasteiger partial charge in [0.25, 0.3) is 0 Å². The third-order valence-electron chi connectivity index (χ3n) is 3.24. The number of nitrogens with one attached hydrogen (secondary N) is 1. The van der Waals surface area contributed by atoms with Gasteiger partial charge >= 0.3 is 0 Å². The Bertz CT molecular complexity index is 563. The molecule has 0 bridgehead atoms. The Balaban J connectivity index is 1.89. The lowest BCUT2D eigenvalue weighted by Gasteiger charge is -2.19. The lowest BCUT2D eigenvalue weighted by atomic mass is 9.92. The summed E-state index contributed by atoms with van der Waals surface area (Å²) in [6.45, 7) is 1.82. The van der Waals surface area contributed by atoms with E-state index >= 15 is 0 Å².